The minimum Gasteiger partial charge on any atom is -0.381 e. The van der Waals surface area contributed by atoms with E-state index in [2.05, 4.69) is 0 Å². The van der Waals surface area contributed by atoms with Crippen LogP contribution in [0.25, 0.3) is 0 Å². The maximum absolute atomic E-state index is 13.1. The molecule has 0 radical (unpaired) electrons. The maximum atomic E-state index is 13.1. The molecule has 0 fully saturated rings. The van der Waals surface area contributed by atoms with Gasteiger partial charge in [-0.25, -0.2) is 8.78 Å². The van der Waals surface area contributed by atoms with Gasteiger partial charge in [-0.1, -0.05) is 0 Å². The first kappa shape index (κ1) is 12.2. The summed E-state index contributed by atoms with van der Waals surface area (Å²) in [4.78, 5) is 1.04. The first-order valence-corrected chi connectivity index (χ1v) is 6.02. The quantitative estimate of drug-likeness (QED) is 0.868. The molecule has 0 aliphatic rings. The van der Waals surface area contributed by atoms with E-state index in [1.807, 2.05) is 13.0 Å². The highest BCUT2D eigenvalue weighted by Crippen LogP contribution is 2.32. The van der Waals surface area contributed by atoms with Crippen LogP contribution in [0, 0.1) is 18.6 Å². The zero-order chi connectivity index (χ0) is 12.6. The van der Waals surface area contributed by atoms with Gasteiger partial charge in [0.1, 0.15) is 17.2 Å². The second-order valence-corrected chi connectivity index (χ2v) is 5.29. The van der Waals surface area contributed by atoms with Gasteiger partial charge in [0, 0.05) is 10.9 Å². The number of thiophene rings is 1. The van der Waals surface area contributed by atoms with Crippen molar-refractivity contribution in [3.8, 4) is 0 Å². The minimum absolute atomic E-state index is 0.216. The van der Waals surface area contributed by atoms with Gasteiger partial charge in [0.25, 0.3) is 0 Å². The predicted octanol–water partition coefficient (Wildman–Crippen LogP) is 3.59. The molecule has 1 aromatic heterocycles. The van der Waals surface area contributed by atoms with Crippen LogP contribution in [-0.4, -0.2) is 5.11 Å². The number of hydrogen-bond donors (Lipinski definition) is 1. The molecule has 2 rings (SSSR count). The largest absolute Gasteiger partial charge is 0.381 e. The topological polar surface area (TPSA) is 20.2 Å². The van der Waals surface area contributed by atoms with E-state index in [1.165, 1.54) is 18.3 Å². The van der Waals surface area contributed by atoms with Crippen LogP contribution in [-0.2, 0) is 5.60 Å². The van der Waals surface area contributed by atoms with Crippen molar-refractivity contribution in [1.29, 1.82) is 0 Å². The van der Waals surface area contributed by atoms with Gasteiger partial charge in [-0.05, 0) is 48.6 Å². The molecular formula is C13H12F2OS. The van der Waals surface area contributed by atoms with E-state index in [9.17, 15) is 13.9 Å². The lowest BCUT2D eigenvalue weighted by molar-refractivity contribution is 0.102. The Morgan fingerprint density at radius 3 is 2.12 bits per heavy atom. The fraction of sp³-hybridized carbons (Fsp3) is 0.231. The smallest absolute Gasteiger partial charge is 0.126 e. The second kappa shape index (κ2) is 4.20. The van der Waals surface area contributed by atoms with Crippen LogP contribution in [0.2, 0.25) is 0 Å². The fourth-order valence-electron chi connectivity index (χ4n) is 1.70. The molecule has 1 unspecified atom stereocenters. The first-order chi connectivity index (χ1) is 7.89. The van der Waals surface area contributed by atoms with E-state index in [0.717, 1.165) is 23.1 Å². The van der Waals surface area contributed by atoms with Gasteiger partial charge in [-0.15, -0.1) is 11.3 Å². The van der Waals surface area contributed by atoms with Crippen LogP contribution in [0.15, 0.2) is 29.6 Å². The number of benzene rings is 1. The summed E-state index contributed by atoms with van der Waals surface area (Å²) in [5.41, 5.74) is -0.522. The Kier molecular flexibility index (Phi) is 3.02. The summed E-state index contributed by atoms with van der Waals surface area (Å²) in [6.45, 7) is 3.44. The van der Waals surface area contributed by atoms with Crippen molar-refractivity contribution in [3.05, 3.63) is 57.3 Å². The third-order valence-corrected chi connectivity index (χ3v) is 3.58. The molecule has 0 saturated carbocycles. The number of halogens is 2. The first-order valence-electron chi connectivity index (χ1n) is 5.14. The van der Waals surface area contributed by atoms with Crippen LogP contribution >= 0.6 is 11.3 Å². The van der Waals surface area contributed by atoms with Crippen molar-refractivity contribution < 1.29 is 13.9 Å². The van der Waals surface area contributed by atoms with Crippen LogP contribution in [0.5, 0.6) is 0 Å². The maximum Gasteiger partial charge on any atom is 0.126 e. The Labute approximate surface area is 102 Å². The van der Waals surface area contributed by atoms with E-state index >= 15 is 0 Å². The molecule has 0 bridgehead atoms. The standard InChI is InChI=1S/C13H12F2OS/c1-8-3-10(7-17-8)13(2,16)9-4-11(14)6-12(15)5-9/h3-7,16H,1-2H3. The van der Waals surface area contributed by atoms with Crippen LogP contribution < -0.4 is 0 Å². The van der Waals surface area contributed by atoms with Gasteiger partial charge < -0.3 is 5.11 Å². The van der Waals surface area contributed by atoms with Crippen molar-refractivity contribution in [2.45, 2.75) is 19.4 Å². The summed E-state index contributed by atoms with van der Waals surface area (Å²) in [7, 11) is 0. The molecule has 1 heterocycles. The van der Waals surface area contributed by atoms with Crippen molar-refractivity contribution in [1.82, 2.24) is 0 Å². The highest BCUT2D eigenvalue weighted by Gasteiger charge is 2.27. The monoisotopic (exact) mass is 254 g/mol. The summed E-state index contributed by atoms with van der Waals surface area (Å²) < 4.78 is 26.3. The van der Waals surface area contributed by atoms with Gasteiger partial charge in [0.05, 0.1) is 0 Å². The number of aliphatic hydroxyl groups is 1. The normalized spacial score (nSPS) is 14.6. The lowest BCUT2D eigenvalue weighted by Gasteiger charge is -2.23. The van der Waals surface area contributed by atoms with E-state index in [-0.39, 0.29) is 5.56 Å². The molecule has 0 aliphatic heterocycles. The Hall–Kier alpha value is -1.26. The van der Waals surface area contributed by atoms with Crippen molar-refractivity contribution in [3.63, 3.8) is 0 Å². The Balaban J connectivity index is 2.50. The average Bonchev–Trinajstić information content (AvgIpc) is 2.64. The van der Waals surface area contributed by atoms with Gasteiger partial charge in [-0.2, -0.15) is 0 Å². The lowest BCUT2D eigenvalue weighted by Crippen LogP contribution is -2.22. The van der Waals surface area contributed by atoms with Crippen molar-refractivity contribution in [2.75, 3.05) is 0 Å². The molecule has 0 amide bonds. The zero-order valence-corrected chi connectivity index (χ0v) is 10.3. The van der Waals surface area contributed by atoms with Crippen molar-refractivity contribution in [2.24, 2.45) is 0 Å². The van der Waals surface area contributed by atoms with Gasteiger partial charge >= 0.3 is 0 Å². The predicted molar refractivity (Wildman–Crippen MR) is 64.1 cm³/mol. The Bertz CT molecular complexity index is 526. The second-order valence-electron chi connectivity index (χ2n) is 4.18. The van der Waals surface area contributed by atoms with Crippen LogP contribution in [0.3, 0.4) is 0 Å². The summed E-state index contributed by atoms with van der Waals surface area (Å²) >= 11 is 1.49. The van der Waals surface area contributed by atoms with E-state index in [1.54, 1.807) is 5.38 Å². The third-order valence-electron chi connectivity index (χ3n) is 2.72. The molecule has 1 atom stereocenters. The minimum atomic E-state index is -1.38. The Morgan fingerprint density at radius 2 is 1.65 bits per heavy atom. The summed E-state index contributed by atoms with van der Waals surface area (Å²) in [6.07, 6.45) is 0. The lowest BCUT2D eigenvalue weighted by atomic mass is 9.90. The molecule has 1 aromatic carbocycles. The molecule has 0 saturated heterocycles. The third kappa shape index (κ3) is 2.37. The zero-order valence-electron chi connectivity index (χ0n) is 9.50. The molecule has 1 nitrogen and oxygen atoms in total. The highest BCUT2D eigenvalue weighted by atomic mass is 32.1. The van der Waals surface area contributed by atoms with Crippen LogP contribution in [0.4, 0.5) is 8.78 Å². The summed E-state index contributed by atoms with van der Waals surface area (Å²) in [5, 5.41) is 12.2. The number of hydrogen-bond acceptors (Lipinski definition) is 2. The highest BCUT2D eigenvalue weighted by molar-refractivity contribution is 7.10. The molecule has 17 heavy (non-hydrogen) atoms. The number of aryl methyl sites for hydroxylation is 1. The Morgan fingerprint density at radius 1 is 1.06 bits per heavy atom. The molecule has 4 heteroatoms. The average molecular weight is 254 g/mol. The van der Waals surface area contributed by atoms with Crippen molar-refractivity contribution >= 4 is 11.3 Å². The SMILES string of the molecule is Cc1cc(C(C)(O)c2cc(F)cc(F)c2)cs1. The molecule has 0 aliphatic carbocycles. The molecular weight excluding hydrogens is 242 g/mol. The summed E-state index contributed by atoms with van der Waals surface area (Å²) in [6, 6.07) is 4.90. The van der Waals surface area contributed by atoms with Gasteiger partial charge in [0.15, 0.2) is 0 Å². The van der Waals surface area contributed by atoms with Gasteiger partial charge in [-0.3, -0.25) is 0 Å². The van der Waals surface area contributed by atoms with Crippen LogP contribution in [0.1, 0.15) is 22.9 Å². The number of rotatable bonds is 2. The van der Waals surface area contributed by atoms with E-state index in [0.29, 0.717) is 5.56 Å². The van der Waals surface area contributed by atoms with E-state index in [4.69, 9.17) is 0 Å². The fourth-order valence-corrected chi connectivity index (χ4v) is 2.51. The molecule has 2 aromatic rings. The van der Waals surface area contributed by atoms with Gasteiger partial charge in [0.2, 0.25) is 0 Å². The molecule has 1 N–H and O–H groups in total. The van der Waals surface area contributed by atoms with E-state index < -0.39 is 17.2 Å². The summed E-state index contributed by atoms with van der Waals surface area (Å²) in [5.74, 6) is -1.38. The molecule has 90 valence electrons. The molecule has 0 spiro atoms.